The average molecular weight is 241 g/mol. The van der Waals surface area contributed by atoms with E-state index in [-0.39, 0.29) is 5.91 Å². The minimum Gasteiger partial charge on any atom is -0.398 e. The van der Waals surface area contributed by atoms with E-state index in [2.05, 4.69) is 4.98 Å². The van der Waals surface area contributed by atoms with Gasteiger partial charge < -0.3 is 10.6 Å². The van der Waals surface area contributed by atoms with Crippen LogP contribution in [0.5, 0.6) is 0 Å². The summed E-state index contributed by atoms with van der Waals surface area (Å²) >= 11 is 0. The lowest BCUT2D eigenvalue weighted by Gasteiger charge is -2.18. The van der Waals surface area contributed by atoms with Gasteiger partial charge in [0.1, 0.15) is 0 Å². The maximum atomic E-state index is 12.3. The van der Waals surface area contributed by atoms with E-state index < -0.39 is 0 Å². The van der Waals surface area contributed by atoms with Gasteiger partial charge in [0.15, 0.2) is 0 Å². The van der Waals surface area contributed by atoms with E-state index in [9.17, 15) is 4.79 Å². The molecule has 4 nitrogen and oxygen atoms in total. The van der Waals surface area contributed by atoms with Crippen molar-refractivity contribution in [2.45, 2.75) is 6.92 Å². The van der Waals surface area contributed by atoms with Crippen molar-refractivity contribution in [3.05, 3.63) is 53.9 Å². The predicted molar refractivity (Wildman–Crippen MR) is 72.6 cm³/mol. The van der Waals surface area contributed by atoms with Crippen molar-refractivity contribution in [2.75, 3.05) is 17.7 Å². The molecule has 0 unspecified atom stereocenters. The van der Waals surface area contributed by atoms with Crippen LogP contribution >= 0.6 is 0 Å². The molecule has 0 aliphatic rings. The Balaban J connectivity index is 2.34. The summed E-state index contributed by atoms with van der Waals surface area (Å²) in [7, 11) is 1.71. The zero-order valence-corrected chi connectivity index (χ0v) is 10.4. The third-order valence-electron chi connectivity index (χ3n) is 2.78. The number of aromatic nitrogens is 1. The Morgan fingerprint density at radius 1 is 1.33 bits per heavy atom. The molecular weight excluding hydrogens is 226 g/mol. The van der Waals surface area contributed by atoms with E-state index in [4.69, 9.17) is 5.73 Å². The largest absolute Gasteiger partial charge is 0.398 e. The van der Waals surface area contributed by atoms with Gasteiger partial charge in [0.25, 0.3) is 5.91 Å². The number of aryl methyl sites for hydroxylation is 1. The summed E-state index contributed by atoms with van der Waals surface area (Å²) in [6.07, 6.45) is 3.31. The summed E-state index contributed by atoms with van der Waals surface area (Å²) in [5.74, 6) is -0.135. The maximum absolute atomic E-state index is 12.3. The Morgan fingerprint density at radius 2 is 2.11 bits per heavy atom. The fraction of sp³-hybridized carbons (Fsp3) is 0.143. The number of hydrogen-bond donors (Lipinski definition) is 1. The lowest BCUT2D eigenvalue weighted by molar-refractivity contribution is 0.0993. The van der Waals surface area contributed by atoms with Crippen molar-refractivity contribution in [3.63, 3.8) is 0 Å². The van der Waals surface area contributed by atoms with E-state index in [0.717, 1.165) is 11.3 Å². The number of anilines is 2. The summed E-state index contributed by atoms with van der Waals surface area (Å²) in [5.41, 5.74) is 8.59. The van der Waals surface area contributed by atoms with Gasteiger partial charge in [-0.25, -0.2) is 0 Å². The number of amides is 1. The Labute approximate surface area is 106 Å². The summed E-state index contributed by atoms with van der Waals surface area (Å²) < 4.78 is 0. The first-order chi connectivity index (χ1) is 8.59. The smallest absolute Gasteiger partial charge is 0.260 e. The minimum absolute atomic E-state index is 0.135. The van der Waals surface area contributed by atoms with Crippen molar-refractivity contribution < 1.29 is 4.79 Å². The van der Waals surface area contributed by atoms with Crippen molar-refractivity contribution in [1.82, 2.24) is 4.98 Å². The molecule has 1 heterocycles. The number of carbonyl (C=O) groups is 1. The molecule has 1 amide bonds. The Kier molecular flexibility index (Phi) is 3.28. The van der Waals surface area contributed by atoms with Crippen molar-refractivity contribution in [1.29, 1.82) is 0 Å². The maximum Gasteiger partial charge on any atom is 0.260 e. The van der Waals surface area contributed by atoms with Crippen molar-refractivity contribution in [3.8, 4) is 0 Å². The molecule has 0 spiro atoms. The van der Waals surface area contributed by atoms with E-state index in [0.29, 0.717) is 11.3 Å². The minimum atomic E-state index is -0.135. The molecule has 92 valence electrons. The van der Waals surface area contributed by atoms with Crippen LogP contribution in [0, 0.1) is 6.92 Å². The zero-order chi connectivity index (χ0) is 13.1. The summed E-state index contributed by atoms with van der Waals surface area (Å²) in [6, 6.07) is 9.05. The van der Waals surface area contributed by atoms with Gasteiger partial charge in [-0.2, -0.15) is 0 Å². The zero-order valence-electron chi connectivity index (χ0n) is 10.4. The number of benzene rings is 1. The molecule has 0 saturated carbocycles. The molecular formula is C14H15N3O. The van der Waals surface area contributed by atoms with Crippen LogP contribution in [0.4, 0.5) is 11.4 Å². The van der Waals surface area contributed by atoms with Gasteiger partial charge >= 0.3 is 0 Å². The van der Waals surface area contributed by atoms with Gasteiger partial charge in [-0.05, 0) is 31.2 Å². The van der Waals surface area contributed by atoms with Crippen LogP contribution in [-0.4, -0.2) is 17.9 Å². The lowest BCUT2D eigenvalue weighted by atomic mass is 10.1. The molecule has 2 rings (SSSR count). The fourth-order valence-electron chi connectivity index (χ4n) is 1.71. The van der Waals surface area contributed by atoms with Gasteiger partial charge in [-0.3, -0.25) is 9.78 Å². The quantitative estimate of drug-likeness (QED) is 0.820. The SMILES string of the molecule is Cc1ccc(N)c(C(=O)N(C)c2cccnc2)c1. The molecule has 0 saturated heterocycles. The second-order valence-corrected chi connectivity index (χ2v) is 4.17. The first-order valence-electron chi connectivity index (χ1n) is 5.64. The molecule has 0 atom stereocenters. The standard InChI is InChI=1S/C14H15N3O/c1-10-5-6-13(15)12(8-10)14(18)17(2)11-4-3-7-16-9-11/h3-9H,15H2,1-2H3. The van der Waals surface area contributed by atoms with E-state index in [1.54, 1.807) is 37.6 Å². The number of pyridine rings is 1. The normalized spacial score (nSPS) is 10.1. The number of carbonyl (C=O) groups excluding carboxylic acids is 1. The number of nitrogens with zero attached hydrogens (tertiary/aromatic N) is 2. The molecule has 1 aromatic heterocycles. The van der Waals surface area contributed by atoms with Crippen molar-refractivity contribution >= 4 is 17.3 Å². The summed E-state index contributed by atoms with van der Waals surface area (Å²) in [4.78, 5) is 17.9. The Bertz CT molecular complexity index is 567. The van der Waals surface area contributed by atoms with Gasteiger partial charge in [0, 0.05) is 18.9 Å². The number of nitrogen functional groups attached to an aromatic ring is 1. The van der Waals surface area contributed by atoms with Crippen molar-refractivity contribution in [2.24, 2.45) is 0 Å². The molecule has 1 aromatic carbocycles. The second-order valence-electron chi connectivity index (χ2n) is 4.17. The van der Waals surface area contributed by atoms with Crippen LogP contribution in [0.25, 0.3) is 0 Å². The van der Waals surface area contributed by atoms with Crippen LogP contribution < -0.4 is 10.6 Å². The molecule has 2 aromatic rings. The van der Waals surface area contributed by atoms with Gasteiger partial charge in [-0.1, -0.05) is 11.6 Å². The highest BCUT2D eigenvalue weighted by Gasteiger charge is 2.16. The summed E-state index contributed by atoms with van der Waals surface area (Å²) in [5, 5.41) is 0. The number of hydrogen-bond acceptors (Lipinski definition) is 3. The van der Waals surface area contributed by atoms with Crippen LogP contribution in [0.1, 0.15) is 15.9 Å². The first-order valence-corrected chi connectivity index (χ1v) is 5.64. The molecule has 0 aliphatic carbocycles. The number of nitrogens with two attached hydrogens (primary N) is 1. The van der Waals surface area contributed by atoms with E-state index in [1.165, 1.54) is 4.90 Å². The van der Waals surface area contributed by atoms with Gasteiger partial charge in [-0.15, -0.1) is 0 Å². The predicted octanol–water partition coefficient (Wildman–Crippen LogP) is 2.25. The molecule has 18 heavy (non-hydrogen) atoms. The first kappa shape index (κ1) is 12.1. The lowest BCUT2D eigenvalue weighted by Crippen LogP contribution is -2.27. The Hall–Kier alpha value is -2.36. The summed E-state index contributed by atoms with van der Waals surface area (Å²) in [6.45, 7) is 1.93. The fourth-order valence-corrected chi connectivity index (χ4v) is 1.71. The highest BCUT2D eigenvalue weighted by molar-refractivity contribution is 6.09. The second kappa shape index (κ2) is 4.87. The van der Waals surface area contributed by atoms with Crippen LogP contribution in [0.2, 0.25) is 0 Å². The highest BCUT2D eigenvalue weighted by atomic mass is 16.2. The van der Waals surface area contributed by atoms with E-state index in [1.807, 2.05) is 19.1 Å². The third kappa shape index (κ3) is 2.32. The average Bonchev–Trinajstić information content (AvgIpc) is 2.41. The molecule has 4 heteroatoms. The van der Waals surface area contributed by atoms with Gasteiger partial charge in [0.05, 0.1) is 17.4 Å². The topological polar surface area (TPSA) is 59.2 Å². The highest BCUT2D eigenvalue weighted by Crippen LogP contribution is 2.19. The third-order valence-corrected chi connectivity index (χ3v) is 2.78. The molecule has 0 radical (unpaired) electrons. The van der Waals surface area contributed by atoms with Crippen LogP contribution in [0.3, 0.4) is 0 Å². The molecule has 0 aliphatic heterocycles. The molecule has 0 bridgehead atoms. The molecule has 0 fully saturated rings. The Morgan fingerprint density at radius 3 is 2.78 bits per heavy atom. The monoisotopic (exact) mass is 241 g/mol. The van der Waals surface area contributed by atoms with Crippen LogP contribution in [0.15, 0.2) is 42.7 Å². The van der Waals surface area contributed by atoms with Crippen LogP contribution in [-0.2, 0) is 0 Å². The number of rotatable bonds is 2. The molecule has 2 N–H and O–H groups in total. The van der Waals surface area contributed by atoms with Gasteiger partial charge in [0.2, 0.25) is 0 Å². The van der Waals surface area contributed by atoms with E-state index >= 15 is 0 Å².